The number of guanidine groups is 1. The first-order chi connectivity index (χ1) is 8.34. The molecule has 1 heterocycles. The van der Waals surface area contributed by atoms with Crippen molar-refractivity contribution >= 4 is 17.3 Å². The maximum Gasteiger partial charge on any atom is 0.188 e. The highest BCUT2D eigenvalue weighted by atomic mass is 32.1. The fraction of sp³-hybridized carbons (Fsp3) is 0.615. The van der Waals surface area contributed by atoms with Crippen LogP contribution in [0, 0.1) is 5.92 Å². The number of hydrogen-bond acceptors (Lipinski definition) is 2. The van der Waals surface area contributed by atoms with E-state index in [9.17, 15) is 0 Å². The van der Waals surface area contributed by atoms with Crippen LogP contribution < -0.4 is 11.1 Å². The first-order valence-electron chi connectivity index (χ1n) is 6.41. The molecule has 1 fully saturated rings. The van der Waals surface area contributed by atoms with Crippen molar-refractivity contribution in [1.29, 1.82) is 0 Å². The quantitative estimate of drug-likeness (QED) is 0.444. The molecule has 0 radical (unpaired) electrons. The van der Waals surface area contributed by atoms with E-state index in [1.165, 1.54) is 30.6 Å². The molecule has 0 unspecified atom stereocenters. The molecule has 0 aliphatic heterocycles. The van der Waals surface area contributed by atoms with Crippen molar-refractivity contribution in [3.05, 3.63) is 22.4 Å². The van der Waals surface area contributed by atoms with Crippen LogP contribution in [-0.2, 0) is 6.42 Å². The lowest BCUT2D eigenvalue weighted by Gasteiger charge is -2.04. The summed E-state index contributed by atoms with van der Waals surface area (Å²) in [4.78, 5) is 5.72. The summed E-state index contributed by atoms with van der Waals surface area (Å²) < 4.78 is 0. The topological polar surface area (TPSA) is 50.4 Å². The largest absolute Gasteiger partial charge is 0.370 e. The Labute approximate surface area is 107 Å². The smallest absolute Gasteiger partial charge is 0.188 e. The highest BCUT2D eigenvalue weighted by molar-refractivity contribution is 7.09. The van der Waals surface area contributed by atoms with Gasteiger partial charge in [-0.1, -0.05) is 18.9 Å². The molecule has 1 saturated carbocycles. The molecule has 2 rings (SSSR count). The zero-order valence-electron chi connectivity index (χ0n) is 10.2. The Morgan fingerprint density at radius 2 is 2.41 bits per heavy atom. The van der Waals surface area contributed by atoms with E-state index < -0.39 is 0 Å². The maximum absolute atomic E-state index is 5.79. The lowest BCUT2D eigenvalue weighted by Crippen LogP contribution is -2.33. The summed E-state index contributed by atoms with van der Waals surface area (Å²) in [6.45, 7) is 1.74. The molecule has 0 spiro atoms. The van der Waals surface area contributed by atoms with Crippen LogP contribution in [0.5, 0.6) is 0 Å². The SMILES string of the molecule is NC(=NCCCC1CC1)NCCc1cccs1. The number of hydrogen-bond donors (Lipinski definition) is 2. The molecule has 94 valence electrons. The molecule has 1 aromatic heterocycles. The third-order valence-electron chi connectivity index (χ3n) is 3.01. The molecule has 1 aliphatic rings. The van der Waals surface area contributed by atoms with Crippen LogP contribution in [0.4, 0.5) is 0 Å². The van der Waals surface area contributed by atoms with Crippen LogP contribution in [0.15, 0.2) is 22.5 Å². The van der Waals surface area contributed by atoms with Crippen LogP contribution in [0.2, 0.25) is 0 Å². The monoisotopic (exact) mass is 251 g/mol. The molecule has 0 amide bonds. The van der Waals surface area contributed by atoms with Gasteiger partial charge in [0.05, 0.1) is 0 Å². The second-order valence-corrected chi connectivity index (χ2v) is 5.64. The van der Waals surface area contributed by atoms with Crippen LogP contribution >= 0.6 is 11.3 Å². The molecule has 0 bridgehead atoms. The van der Waals surface area contributed by atoms with Gasteiger partial charge in [-0.2, -0.15) is 0 Å². The van der Waals surface area contributed by atoms with E-state index in [0.717, 1.165) is 25.4 Å². The Morgan fingerprint density at radius 3 is 3.12 bits per heavy atom. The van der Waals surface area contributed by atoms with Crippen LogP contribution in [-0.4, -0.2) is 19.0 Å². The minimum Gasteiger partial charge on any atom is -0.370 e. The van der Waals surface area contributed by atoms with Gasteiger partial charge in [-0.05, 0) is 36.6 Å². The van der Waals surface area contributed by atoms with Gasteiger partial charge in [-0.25, -0.2) is 0 Å². The fourth-order valence-electron chi connectivity index (χ4n) is 1.81. The molecule has 3 N–H and O–H groups in total. The molecule has 1 aromatic rings. The molecule has 0 atom stereocenters. The molecule has 3 nitrogen and oxygen atoms in total. The molecule has 4 heteroatoms. The van der Waals surface area contributed by atoms with Crippen molar-refractivity contribution in [2.24, 2.45) is 16.6 Å². The van der Waals surface area contributed by atoms with Gasteiger partial charge in [0.15, 0.2) is 5.96 Å². The first kappa shape index (κ1) is 12.4. The molecular weight excluding hydrogens is 230 g/mol. The number of nitrogens with zero attached hydrogens (tertiary/aromatic N) is 1. The normalized spacial score (nSPS) is 16.1. The third-order valence-corrected chi connectivity index (χ3v) is 3.94. The Bertz CT molecular complexity index is 342. The molecule has 17 heavy (non-hydrogen) atoms. The number of rotatable bonds is 7. The summed E-state index contributed by atoms with van der Waals surface area (Å²) in [5, 5.41) is 5.26. The Hall–Kier alpha value is -1.03. The lowest BCUT2D eigenvalue weighted by atomic mass is 10.2. The van der Waals surface area contributed by atoms with E-state index in [4.69, 9.17) is 5.73 Å². The average molecular weight is 251 g/mol. The Kier molecular flexibility index (Phi) is 4.86. The molecule has 0 saturated heterocycles. The summed E-state index contributed by atoms with van der Waals surface area (Å²) in [6, 6.07) is 4.23. The molecule has 1 aliphatic carbocycles. The van der Waals surface area contributed by atoms with Crippen molar-refractivity contribution in [2.45, 2.75) is 32.1 Å². The average Bonchev–Trinajstić information content (AvgIpc) is 3.00. The maximum atomic E-state index is 5.79. The Balaban J connectivity index is 1.52. The van der Waals surface area contributed by atoms with E-state index in [1.807, 2.05) is 0 Å². The summed E-state index contributed by atoms with van der Waals surface area (Å²) in [7, 11) is 0. The van der Waals surface area contributed by atoms with E-state index in [-0.39, 0.29) is 0 Å². The molecular formula is C13H21N3S. The minimum absolute atomic E-state index is 0.595. The fourth-order valence-corrected chi connectivity index (χ4v) is 2.52. The Morgan fingerprint density at radius 1 is 1.53 bits per heavy atom. The van der Waals surface area contributed by atoms with Gasteiger partial charge in [0, 0.05) is 18.0 Å². The third kappa shape index (κ3) is 5.22. The van der Waals surface area contributed by atoms with E-state index >= 15 is 0 Å². The zero-order chi connectivity index (χ0) is 11.9. The first-order valence-corrected chi connectivity index (χ1v) is 7.29. The van der Waals surface area contributed by atoms with Gasteiger partial charge in [0.1, 0.15) is 0 Å². The number of nitrogens with one attached hydrogen (secondary N) is 1. The van der Waals surface area contributed by atoms with Crippen LogP contribution in [0.25, 0.3) is 0 Å². The van der Waals surface area contributed by atoms with Crippen molar-refractivity contribution in [3.8, 4) is 0 Å². The standard InChI is InChI=1S/C13H21N3S/c14-13(15-8-1-3-11-5-6-11)16-9-7-12-4-2-10-17-12/h2,4,10-11H,1,3,5-9H2,(H3,14,15,16). The van der Waals surface area contributed by atoms with Crippen molar-refractivity contribution in [2.75, 3.05) is 13.1 Å². The van der Waals surface area contributed by atoms with Crippen LogP contribution in [0.1, 0.15) is 30.6 Å². The van der Waals surface area contributed by atoms with Crippen molar-refractivity contribution in [1.82, 2.24) is 5.32 Å². The summed E-state index contributed by atoms with van der Waals surface area (Å²) in [5.41, 5.74) is 5.79. The van der Waals surface area contributed by atoms with Gasteiger partial charge in [0.25, 0.3) is 0 Å². The summed E-state index contributed by atoms with van der Waals surface area (Å²) in [6.07, 6.45) is 6.39. The number of nitrogens with two attached hydrogens (primary N) is 1. The van der Waals surface area contributed by atoms with Gasteiger partial charge >= 0.3 is 0 Å². The van der Waals surface area contributed by atoms with E-state index in [0.29, 0.717) is 5.96 Å². The summed E-state index contributed by atoms with van der Waals surface area (Å²) >= 11 is 1.79. The molecule has 0 aromatic carbocycles. The second kappa shape index (κ2) is 6.64. The highest BCUT2D eigenvalue weighted by Gasteiger charge is 2.19. The van der Waals surface area contributed by atoms with Crippen LogP contribution in [0.3, 0.4) is 0 Å². The van der Waals surface area contributed by atoms with Gasteiger partial charge < -0.3 is 11.1 Å². The predicted octanol–water partition coefficient (Wildman–Crippen LogP) is 2.39. The van der Waals surface area contributed by atoms with E-state index in [1.54, 1.807) is 11.3 Å². The summed E-state index contributed by atoms with van der Waals surface area (Å²) in [5.74, 6) is 1.59. The minimum atomic E-state index is 0.595. The van der Waals surface area contributed by atoms with Crippen molar-refractivity contribution < 1.29 is 0 Å². The highest BCUT2D eigenvalue weighted by Crippen LogP contribution is 2.33. The van der Waals surface area contributed by atoms with E-state index in [2.05, 4.69) is 27.8 Å². The van der Waals surface area contributed by atoms with Gasteiger partial charge in [-0.15, -0.1) is 11.3 Å². The van der Waals surface area contributed by atoms with Crippen molar-refractivity contribution in [3.63, 3.8) is 0 Å². The number of aliphatic imine (C=N–C) groups is 1. The predicted molar refractivity (Wildman–Crippen MR) is 74.5 cm³/mol. The van der Waals surface area contributed by atoms with Gasteiger partial charge in [-0.3, -0.25) is 4.99 Å². The zero-order valence-corrected chi connectivity index (χ0v) is 11.0. The second-order valence-electron chi connectivity index (χ2n) is 4.61. The lowest BCUT2D eigenvalue weighted by molar-refractivity contribution is 0.673. The van der Waals surface area contributed by atoms with Gasteiger partial charge in [0.2, 0.25) is 0 Å². The number of thiophene rings is 1.